The summed E-state index contributed by atoms with van der Waals surface area (Å²) in [6.07, 6.45) is 5.37. The predicted molar refractivity (Wildman–Crippen MR) is 89.1 cm³/mol. The number of aromatic nitrogens is 3. The Labute approximate surface area is 132 Å². The Balaban J connectivity index is 1.89. The highest BCUT2D eigenvalue weighted by Gasteiger charge is 2.10. The van der Waals surface area contributed by atoms with Gasteiger partial charge < -0.3 is 4.42 Å². The van der Waals surface area contributed by atoms with Crippen molar-refractivity contribution in [2.75, 3.05) is 0 Å². The van der Waals surface area contributed by atoms with Crippen LogP contribution >= 0.6 is 12.2 Å². The third kappa shape index (κ3) is 3.12. The highest BCUT2D eigenvalue weighted by Crippen LogP contribution is 2.17. The first kappa shape index (κ1) is 14.2. The second-order valence-electron chi connectivity index (χ2n) is 4.69. The fourth-order valence-corrected chi connectivity index (χ4v) is 2.14. The zero-order valence-electron chi connectivity index (χ0n) is 11.9. The van der Waals surface area contributed by atoms with E-state index in [0.717, 1.165) is 11.1 Å². The van der Waals surface area contributed by atoms with Gasteiger partial charge in [0.15, 0.2) is 5.76 Å². The molecule has 0 radical (unpaired) electrons. The van der Waals surface area contributed by atoms with Crippen molar-refractivity contribution < 1.29 is 4.42 Å². The quantitative estimate of drug-likeness (QED) is 0.582. The number of H-pyrrole nitrogens is 1. The Hall–Kier alpha value is -2.73. The van der Waals surface area contributed by atoms with E-state index in [2.05, 4.69) is 15.3 Å². The van der Waals surface area contributed by atoms with Crippen molar-refractivity contribution in [2.24, 2.45) is 5.10 Å². The standard InChI is InChI=1S/C16H14N4OS/c1-12(10-13-6-3-2-4-7-13)11-17-20-15(18-19-16(20)22)14-8-5-9-21-14/h2-11H,1H3,(H,19,22)/b12-10+,17-11?. The van der Waals surface area contributed by atoms with Gasteiger partial charge in [-0.15, -0.1) is 5.10 Å². The molecule has 0 bridgehead atoms. The van der Waals surface area contributed by atoms with Gasteiger partial charge in [-0.2, -0.15) is 9.78 Å². The highest BCUT2D eigenvalue weighted by molar-refractivity contribution is 7.71. The minimum absolute atomic E-state index is 0.412. The summed E-state index contributed by atoms with van der Waals surface area (Å²) in [5.41, 5.74) is 2.12. The molecule has 1 aromatic carbocycles. The topological polar surface area (TPSA) is 59.1 Å². The Morgan fingerprint density at radius 3 is 2.82 bits per heavy atom. The molecule has 0 aliphatic carbocycles. The number of nitrogens with one attached hydrogen (secondary N) is 1. The molecule has 3 aromatic rings. The summed E-state index contributed by atoms with van der Waals surface area (Å²) in [5, 5.41) is 11.2. The molecular formula is C16H14N4OS. The molecule has 0 atom stereocenters. The van der Waals surface area contributed by atoms with Crippen molar-refractivity contribution in [1.82, 2.24) is 14.9 Å². The van der Waals surface area contributed by atoms with Crippen LogP contribution in [0.4, 0.5) is 0 Å². The van der Waals surface area contributed by atoms with Gasteiger partial charge in [0, 0.05) is 0 Å². The number of hydrogen-bond acceptors (Lipinski definition) is 4. The van der Waals surface area contributed by atoms with Crippen molar-refractivity contribution in [3.05, 3.63) is 64.6 Å². The third-order valence-electron chi connectivity index (χ3n) is 2.96. The van der Waals surface area contributed by atoms with Crippen LogP contribution in [-0.2, 0) is 0 Å². The minimum atomic E-state index is 0.412. The summed E-state index contributed by atoms with van der Waals surface area (Å²) in [5.74, 6) is 1.15. The molecule has 2 aromatic heterocycles. The molecule has 0 amide bonds. The Kier molecular flexibility index (Phi) is 4.11. The van der Waals surface area contributed by atoms with Gasteiger partial charge in [-0.05, 0) is 42.4 Å². The second-order valence-corrected chi connectivity index (χ2v) is 5.07. The van der Waals surface area contributed by atoms with Gasteiger partial charge >= 0.3 is 0 Å². The van der Waals surface area contributed by atoms with Crippen LogP contribution in [0, 0.1) is 4.77 Å². The first-order valence-electron chi connectivity index (χ1n) is 6.73. The number of hydrogen-bond donors (Lipinski definition) is 1. The Morgan fingerprint density at radius 1 is 1.27 bits per heavy atom. The minimum Gasteiger partial charge on any atom is -0.461 e. The van der Waals surface area contributed by atoms with E-state index in [1.807, 2.05) is 49.4 Å². The molecule has 0 saturated carbocycles. The molecule has 0 fully saturated rings. The van der Waals surface area contributed by atoms with Crippen LogP contribution < -0.4 is 0 Å². The van der Waals surface area contributed by atoms with E-state index in [-0.39, 0.29) is 0 Å². The summed E-state index contributed by atoms with van der Waals surface area (Å²) in [6.45, 7) is 1.98. The number of aromatic amines is 1. The fraction of sp³-hybridized carbons (Fsp3) is 0.0625. The van der Waals surface area contributed by atoms with Gasteiger partial charge in [0.05, 0.1) is 12.5 Å². The first-order valence-corrected chi connectivity index (χ1v) is 7.14. The van der Waals surface area contributed by atoms with Crippen molar-refractivity contribution in [3.8, 4) is 11.6 Å². The molecule has 1 N–H and O–H groups in total. The zero-order chi connectivity index (χ0) is 15.4. The van der Waals surface area contributed by atoms with E-state index >= 15 is 0 Å². The van der Waals surface area contributed by atoms with Gasteiger partial charge in [0.1, 0.15) is 0 Å². The molecule has 110 valence electrons. The van der Waals surface area contributed by atoms with Crippen molar-refractivity contribution in [1.29, 1.82) is 0 Å². The maximum Gasteiger partial charge on any atom is 0.219 e. The van der Waals surface area contributed by atoms with Crippen molar-refractivity contribution in [2.45, 2.75) is 6.92 Å². The van der Waals surface area contributed by atoms with Crippen LogP contribution in [0.5, 0.6) is 0 Å². The van der Waals surface area contributed by atoms with Crippen LogP contribution in [0.2, 0.25) is 0 Å². The van der Waals surface area contributed by atoms with Gasteiger partial charge in [-0.1, -0.05) is 36.4 Å². The lowest BCUT2D eigenvalue weighted by atomic mass is 10.1. The van der Waals surface area contributed by atoms with Crippen molar-refractivity contribution in [3.63, 3.8) is 0 Å². The first-order chi connectivity index (χ1) is 10.7. The van der Waals surface area contributed by atoms with Gasteiger partial charge in [-0.25, -0.2) is 5.10 Å². The summed E-state index contributed by atoms with van der Waals surface area (Å²) in [7, 11) is 0. The largest absolute Gasteiger partial charge is 0.461 e. The SMILES string of the molecule is C/C(C=Nn1c(-c2ccco2)n[nH]c1=S)=C\c1ccccc1. The van der Waals surface area contributed by atoms with Gasteiger partial charge in [0.2, 0.25) is 10.6 Å². The smallest absolute Gasteiger partial charge is 0.219 e. The maximum absolute atomic E-state index is 5.34. The predicted octanol–water partition coefficient (Wildman–Crippen LogP) is 4.14. The molecule has 0 aliphatic rings. The lowest BCUT2D eigenvalue weighted by Crippen LogP contribution is -1.94. The fourth-order valence-electron chi connectivity index (χ4n) is 1.96. The number of allylic oxidation sites excluding steroid dienone is 1. The third-order valence-corrected chi connectivity index (χ3v) is 3.23. The Bertz CT molecular complexity index is 857. The van der Waals surface area contributed by atoms with E-state index in [1.165, 1.54) is 4.68 Å². The van der Waals surface area contributed by atoms with Crippen LogP contribution in [0.15, 0.2) is 63.8 Å². The van der Waals surface area contributed by atoms with Crippen LogP contribution in [0.1, 0.15) is 12.5 Å². The number of nitrogens with zero attached hydrogens (tertiary/aromatic N) is 3. The molecule has 0 unspecified atom stereocenters. The summed E-state index contributed by atoms with van der Waals surface area (Å²) >= 11 is 5.20. The lowest BCUT2D eigenvalue weighted by molar-refractivity contribution is 0.573. The zero-order valence-corrected chi connectivity index (χ0v) is 12.7. The average molecular weight is 310 g/mol. The molecule has 6 heteroatoms. The summed E-state index contributed by atoms with van der Waals surface area (Å²) in [4.78, 5) is 0. The van der Waals surface area contributed by atoms with E-state index in [1.54, 1.807) is 18.5 Å². The number of rotatable bonds is 4. The normalized spacial score (nSPS) is 12.1. The number of benzene rings is 1. The van der Waals surface area contributed by atoms with Crippen LogP contribution in [0.3, 0.4) is 0 Å². The van der Waals surface area contributed by atoms with E-state index in [4.69, 9.17) is 16.6 Å². The summed E-state index contributed by atoms with van der Waals surface area (Å²) < 4.78 is 7.29. The molecule has 0 saturated heterocycles. The van der Waals surface area contributed by atoms with E-state index < -0.39 is 0 Å². The molecule has 3 rings (SSSR count). The van der Waals surface area contributed by atoms with E-state index in [9.17, 15) is 0 Å². The molecule has 2 heterocycles. The monoisotopic (exact) mass is 310 g/mol. The molecule has 0 spiro atoms. The highest BCUT2D eigenvalue weighted by atomic mass is 32.1. The average Bonchev–Trinajstić information content (AvgIpc) is 3.16. The van der Waals surface area contributed by atoms with Crippen LogP contribution in [0.25, 0.3) is 17.7 Å². The molecular weight excluding hydrogens is 296 g/mol. The van der Waals surface area contributed by atoms with Crippen LogP contribution in [-0.4, -0.2) is 21.1 Å². The lowest BCUT2D eigenvalue weighted by Gasteiger charge is -1.98. The van der Waals surface area contributed by atoms with E-state index in [0.29, 0.717) is 16.4 Å². The number of furan rings is 1. The molecule has 5 nitrogen and oxygen atoms in total. The molecule has 22 heavy (non-hydrogen) atoms. The van der Waals surface area contributed by atoms with Crippen molar-refractivity contribution >= 4 is 24.5 Å². The van der Waals surface area contributed by atoms with Gasteiger partial charge in [0.25, 0.3) is 0 Å². The second kappa shape index (κ2) is 6.36. The van der Waals surface area contributed by atoms with Gasteiger partial charge in [-0.3, -0.25) is 0 Å². The maximum atomic E-state index is 5.34. The summed E-state index contributed by atoms with van der Waals surface area (Å²) in [6, 6.07) is 13.7. The molecule has 0 aliphatic heterocycles. The Morgan fingerprint density at radius 2 is 2.09 bits per heavy atom.